The summed E-state index contributed by atoms with van der Waals surface area (Å²) in [5, 5.41) is 15.1. The van der Waals surface area contributed by atoms with Gasteiger partial charge in [-0.1, -0.05) is 33.3 Å². The molecule has 0 unspecified atom stereocenters. The fourth-order valence-corrected chi connectivity index (χ4v) is 3.41. The molecule has 2 aromatic rings. The molecule has 1 heterocycles. The monoisotopic (exact) mass is 449 g/mol. The molecule has 0 spiro atoms. The zero-order chi connectivity index (χ0) is 20.8. The Morgan fingerprint density at radius 3 is 2.54 bits per heavy atom. The second-order valence-electron chi connectivity index (χ2n) is 7.00. The molecule has 0 aliphatic heterocycles. The maximum Gasteiger partial charge on any atom is 0.353 e. The second-order valence-corrected chi connectivity index (χ2v) is 7.86. The molecule has 7 nitrogen and oxygen atoms in total. The first kappa shape index (κ1) is 22.1. The van der Waals surface area contributed by atoms with Gasteiger partial charge in [-0.05, 0) is 59.8 Å². The number of unbranched alkanes of at least 4 members (excludes halogenated alkanes) is 1. The van der Waals surface area contributed by atoms with Crippen molar-refractivity contribution in [3.05, 3.63) is 44.2 Å². The lowest BCUT2D eigenvalue weighted by Crippen LogP contribution is -2.26. The molecule has 0 aliphatic rings. The van der Waals surface area contributed by atoms with Crippen LogP contribution in [-0.2, 0) is 0 Å². The number of nitrogens with zero attached hydrogens (tertiary/aromatic N) is 4. The van der Waals surface area contributed by atoms with Crippen molar-refractivity contribution in [2.75, 3.05) is 23.3 Å². The predicted molar refractivity (Wildman–Crippen MR) is 118 cm³/mol. The van der Waals surface area contributed by atoms with E-state index in [9.17, 15) is 10.1 Å². The fourth-order valence-electron chi connectivity index (χ4n) is 2.91. The second kappa shape index (κ2) is 9.82. The molecular formula is C20H28BrN5O2. The fraction of sp³-hybridized carbons (Fsp3) is 0.500. The molecule has 1 aromatic heterocycles. The zero-order valence-corrected chi connectivity index (χ0v) is 18.7. The van der Waals surface area contributed by atoms with Crippen LogP contribution in [-0.4, -0.2) is 28.0 Å². The Bertz CT molecular complexity index is 842. The molecular weight excluding hydrogens is 422 g/mol. The van der Waals surface area contributed by atoms with Crippen molar-refractivity contribution in [1.29, 1.82) is 0 Å². The normalized spacial score (nSPS) is 11.0. The summed E-state index contributed by atoms with van der Waals surface area (Å²) in [4.78, 5) is 22.2. The van der Waals surface area contributed by atoms with Crippen LogP contribution >= 0.6 is 15.9 Å². The van der Waals surface area contributed by atoms with E-state index >= 15 is 0 Å². The largest absolute Gasteiger partial charge is 0.353 e. The summed E-state index contributed by atoms with van der Waals surface area (Å²) in [6, 6.07) is 5.94. The zero-order valence-electron chi connectivity index (χ0n) is 17.1. The molecule has 0 radical (unpaired) electrons. The van der Waals surface area contributed by atoms with Crippen LogP contribution in [0.25, 0.3) is 0 Å². The minimum atomic E-state index is -0.401. The van der Waals surface area contributed by atoms with E-state index in [1.54, 1.807) is 6.92 Å². The van der Waals surface area contributed by atoms with Crippen molar-refractivity contribution in [3.8, 4) is 0 Å². The van der Waals surface area contributed by atoms with Gasteiger partial charge in [0.15, 0.2) is 0 Å². The third kappa shape index (κ3) is 5.19. The lowest BCUT2D eigenvalue weighted by atomic mass is 10.0. The van der Waals surface area contributed by atoms with Gasteiger partial charge < -0.3 is 10.2 Å². The van der Waals surface area contributed by atoms with Gasteiger partial charge >= 0.3 is 5.69 Å². The van der Waals surface area contributed by atoms with E-state index in [4.69, 9.17) is 0 Å². The van der Waals surface area contributed by atoms with E-state index in [1.807, 2.05) is 30.0 Å². The molecule has 0 saturated carbocycles. The first-order valence-electron chi connectivity index (χ1n) is 9.62. The van der Waals surface area contributed by atoms with Gasteiger partial charge in [0.25, 0.3) is 0 Å². The maximum absolute atomic E-state index is 11.9. The summed E-state index contributed by atoms with van der Waals surface area (Å²) in [5.74, 6) is 1.46. The third-order valence-corrected chi connectivity index (χ3v) is 5.19. The lowest BCUT2D eigenvalue weighted by molar-refractivity contribution is -0.383. The lowest BCUT2D eigenvalue weighted by Gasteiger charge is -2.22. The van der Waals surface area contributed by atoms with Crippen LogP contribution in [0.3, 0.4) is 0 Å². The average Bonchev–Trinajstić information content (AvgIpc) is 2.63. The molecule has 8 heteroatoms. The SMILES string of the molecule is CCCCN(CC)c1nc(C)nc(Nc2ccc(C(C)C)cc2Br)c1[N+](=O)[O-]. The number of anilines is 3. The Morgan fingerprint density at radius 1 is 1.29 bits per heavy atom. The van der Waals surface area contributed by atoms with Gasteiger partial charge in [-0.3, -0.25) is 10.1 Å². The van der Waals surface area contributed by atoms with Gasteiger partial charge in [0.1, 0.15) is 5.82 Å². The Kier molecular flexibility index (Phi) is 7.74. The first-order chi connectivity index (χ1) is 13.3. The molecule has 1 aromatic carbocycles. The van der Waals surface area contributed by atoms with Crippen molar-refractivity contribution in [2.24, 2.45) is 0 Å². The Hall–Kier alpha value is -2.22. The van der Waals surface area contributed by atoms with E-state index in [1.165, 1.54) is 5.56 Å². The summed E-state index contributed by atoms with van der Waals surface area (Å²) >= 11 is 3.56. The first-order valence-corrected chi connectivity index (χ1v) is 10.4. The van der Waals surface area contributed by atoms with Gasteiger partial charge in [-0.2, -0.15) is 0 Å². The third-order valence-electron chi connectivity index (χ3n) is 4.54. The number of hydrogen-bond donors (Lipinski definition) is 1. The van der Waals surface area contributed by atoms with E-state index in [0.717, 1.165) is 29.5 Å². The number of nitrogens with one attached hydrogen (secondary N) is 1. The smallest absolute Gasteiger partial charge is 0.351 e. The highest BCUT2D eigenvalue weighted by atomic mass is 79.9. The molecule has 1 N–H and O–H groups in total. The van der Waals surface area contributed by atoms with E-state index in [2.05, 4.69) is 52.0 Å². The number of aryl methyl sites for hydroxylation is 1. The highest BCUT2D eigenvalue weighted by Gasteiger charge is 2.28. The standard InChI is InChI=1S/C20H28BrN5O2/c1-6-8-11-25(7-2)20-18(26(27)28)19(22-14(5)23-20)24-17-10-9-15(13(3)4)12-16(17)21/h9-10,12-13H,6-8,11H2,1-5H3,(H,22,23,24). The van der Waals surface area contributed by atoms with Gasteiger partial charge in [0.05, 0.1) is 10.6 Å². The van der Waals surface area contributed by atoms with Crippen LogP contribution in [0.1, 0.15) is 57.8 Å². The van der Waals surface area contributed by atoms with Gasteiger partial charge in [-0.15, -0.1) is 0 Å². The Labute approximate surface area is 174 Å². The summed E-state index contributed by atoms with van der Waals surface area (Å²) in [6.45, 7) is 11.4. The summed E-state index contributed by atoms with van der Waals surface area (Å²) in [5.41, 5.74) is 1.82. The van der Waals surface area contributed by atoms with Crippen LogP contribution in [0.5, 0.6) is 0 Å². The molecule has 28 heavy (non-hydrogen) atoms. The Morgan fingerprint density at radius 2 is 2.00 bits per heavy atom. The topological polar surface area (TPSA) is 84.2 Å². The van der Waals surface area contributed by atoms with Gasteiger partial charge in [0.2, 0.25) is 11.6 Å². The van der Waals surface area contributed by atoms with Crippen LogP contribution in [0.4, 0.5) is 23.0 Å². The number of rotatable bonds is 9. The van der Waals surface area contributed by atoms with Crippen molar-refractivity contribution in [2.45, 2.75) is 53.4 Å². The Balaban J connectivity index is 2.51. The van der Waals surface area contributed by atoms with Crippen molar-refractivity contribution >= 4 is 38.9 Å². The number of halogens is 1. The molecule has 2 rings (SSSR count). The highest BCUT2D eigenvalue weighted by Crippen LogP contribution is 2.36. The number of benzene rings is 1. The number of nitro groups is 1. The molecule has 0 fully saturated rings. The molecule has 0 bridgehead atoms. The average molecular weight is 450 g/mol. The summed E-state index contributed by atoms with van der Waals surface area (Å²) < 4.78 is 0.837. The van der Waals surface area contributed by atoms with E-state index in [0.29, 0.717) is 24.1 Å². The molecule has 0 atom stereocenters. The van der Waals surface area contributed by atoms with Crippen molar-refractivity contribution < 1.29 is 4.92 Å². The molecule has 152 valence electrons. The number of aromatic nitrogens is 2. The van der Waals surface area contributed by atoms with Crippen molar-refractivity contribution in [1.82, 2.24) is 9.97 Å². The van der Waals surface area contributed by atoms with Crippen LogP contribution in [0, 0.1) is 17.0 Å². The van der Waals surface area contributed by atoms with Crippen molar-refractivity contribution in [3.63, 3.8) is 0 Å². The maximum atomic E-state index is 11.9. The number of hydrogen-bond acceptors (Lipinski definition) is 6. The highest BCUT2D eigenvalue weighted by molar-refractivity contribution is 9.10. The van der Waals surface area contributed by atoms with Crippen LogP contribution in [0.2, 0.25) is 0 Å². The molecule has 0 amide bonds. The van der Waals surface area contributed by atoms with Gasteiger partial charge in [0, 0.05) is 17.6 Å². The summed E-state index contributed by atoms with van der Waals surface area (Å²) in [7, 11) is 0. The van der Waals surface area contributed by atoms with Crippen LogP contribution < -0.4 is 10.2 Å². The van der Waals surface area contributed by atoms with E-state index < -0.39 is 4.92 Å². The molecule has 0 saturated heterocycles. The van der Waals surface area contributed by atoms with Crippen LogP contribution in [0.15, 0.2) is 22.7 Å². The minimum Gasteiger partial charge on any atom is -0.351 e. The quantitative estimate of drug-likeness (QED) is 0.376. The molecule has 0 aliphatic carbocycles. The predicted octanol–water partition coefficient (Wildman–Crippen LogP) is 5.95. The minimum absolute atomic E-state index is 0.0941. The summed E-state index contributed by atoms with van der Waals surface area (Å²) in [6.07, 6.45) is 1.95. The van der Waals surface area contributed by atoms with Gasteiger partial charge in [-0.25, -0.2) is 9.97 Å². The van der Waals surface area contributed by atoms with E-state index in [-0.39, 0.29) is 11.5 Å².